The Kier molecular flexibility index (Phi) is 7.07. The second-order valence-electron chi connectivity index (χ2n) is 8.77. The van der Waals surface area contributed by atoms with E-state index in [0.717, 1.165) is 23.1 Å². The van der Waals surface area contributed by atoms with E-state index in [2.05, 4.69) is 41.5 Å². The molecule has 0 heterocycles. The summed E-state index contributed by atoms with van der Waals surface area (Å²) in [6.45, 7) is 14.3. The van der Waals surface area contributed by atoms with E-state index in [9.17, 15) is 15.0 Å². The highest BCUT2D eigenvalue weighted by molar-refractivity contribution is 5.70. The van der Waals surface area contributed by atoms with Crippen LogP contribution in [0.15, 0.2) is 12.1 Å². The molecular weight excluding hydrogens is 316 g/mol. The third-order valence-electron chi connectivity index (χ3n) is 4.21. The average Bonchev–Trinajstić information content (AvgIpc) is 2.43. The van der Waals surface area contributed by atoms with Crippen molar-refractivity contribution >= 4 is 5.97 Å². The molecule has 0 fully saturated rings. The minimum atomic E-state index is -1.02. The summed E-state index contributed by atoms with van der Waals surface area (Å²) in [6.07, 6.45) is 0.916. The van der Waals surface area contributed by atoms with Crippen molar-refractivity contribution in [1.29, 1.82) is 0 Å². The number of ether oxygens (including phenoxy) is 1. The normalized spacial score (nSPS) is 13.6. The number of aliphatic hydroxyl groups is 1. The molecule has 1 atom stereocenters. The van der Waals surface area contributed by atoms with Gasteiger partial charge in [0.1, 0.15) is 5.75 Å². The third-order valence-corrected chi connectivity index (χ3v) is 4.21. The summed E-state index contributed by atoms with van der Waals surface area (Å²) in [7, 11) is 0. The van der Waals surface area contributed by atoms with Crippen molar-refractivity contribution in [2.24, 2.45) is 0 Å². The first-order valence-corrected chi connectivity index (χ1v) is 9.10. The van der Waals surface area contributed by atoms with Gasteiger partial charge in [0.2, 0.25) is 6.29 Å². The summed E-state index contributed by atoms with van der Waals surface area (Å²) in [4.78, 5) is 11.9. The van der Waals surface area contributed by atoms with Crippen LogP contribution in [0.2, 0.25) is 0 Å². The number of rotatable bonds is 6. The highest BCUT2D eigenvalue weighted by atomic mass is 16.6. The van der Waals surface area contributed by atoms with E-state index in [4.69, 9.17) is 4.74 Å². The second kappa shape index (κ2) is 8.22. The van der Waals surface area contributed by atoms with Gasteiger partial charge < -0.3 is 14.9 Å². The molecule has 0 spiro atoms. The topological polar surface area (TPSA) is 66.8 Å². The molecule has 1 unspecified atom stereocenters. The molecule has 4 nitrogen and oxygen atoms in total. The molecule has 1 aromatic carbocycles. The van der Waals surface area contributed by atoms with E-state index in [1.807, 2.05) is 19.1 Å². The molecule has 1 rings (SSSR count). The highest BCUT2D eigenvalue weighted by Crippen LogP contribution is 2.39. The van der Waals surface area contributed by atoms with E-state index in [1.54, 1.807) is 0 Å². The van der Waals surface area contributed by atoms with Gasteiger partial charge >= 0.3 is 5.97 Å². The average molecular weight is 350 g/mol. The van der Waals surface area contributed by atoms with Crippen molar-refractivity contribution in [1.82, 2.24) is 0 Å². The fourth-order valence-electron chi connectivity index (χ4n) is 2.74. The Hall–Kier alpha value is -1.55. The van der Waals surface area contributed by atoms with Gasteiger partial charge in [0.05, 0.1) is 0 Å². The van der Waals surface area contributed by atoms with Crippen LogP contribution >= 0.6 is 0 Å². The van der Waals surface area contributed by atoms with E-state index >= 15 is 0 Å². The Labute approximate surface area is 152 Å². The van der Waals surface area contributed by atoms with E-state index in [1.165, 1.54) is 0 Å². The summed E-state index contributed by atoms with van der Waals surface area (Å²) in [5.41, 5.74) is 2.37. The zero-order valence-electron chi connectivity index (χ0n) is 16.8. The molecule has 1 aromatic rings. The number of carbonyl (C=O) groups excluding carboxylic acids is 1. The van der Waals surface area contributed by atoms with Crippen molar-refractivity contribution in [2.45, 2.75) is 91.3 Å². The van der Waals surface area contributed by atoms with Crippen LogP contribution in [0.4, 0.5) is 0 Å². The first-order chi connectivity index (χ1) is 11.4. The van der Waals surface area contributed by atoms with Crippen LogP contribution in [0, 0.1) is 0 Å². The summed E-state index contributed by atoms with van der Waals surface area (Å²) in [5, 5.41) is 20.3. The molecule has 0 bridgehead atoms. The predicted molar refractivity (Wildman–Crippen MR) is 101 cm³/mol. The molecule has 0 radical (unpaired) electrons. The Balaban J connectivity index is 3.02. The van der Waals surface area contributed by atoms with Gasteiger partial charge in [0.25, 0.3) is 0 Å². The minimum absolute atomic E-state index is 0.197. The van der Waals surface area contributed by atoms with Gasteiger partial charge in [-0.15, -0.1) is 0 Å². The Morgan fingerprint density at radius 1 is 1.08 bits per heavy atom. The van der Waals surface area contributed by atoms with Gasteiger partial charge in [-0.05, 0) is 33.9 Å². The van der Waals surface area contributed by atoms with Crippen LogP contribution in [-0.2, 0) is 26.8 Å². The standard InChI is InChI=1S/C21H34O4/c1-8-9-17(22)25-18(23)11-10-14-12-15(20(2,3)4)19(24)16(13-14)21(5,6)7/h12-13,17,22,24H,8-11H2,1-7H3. The molecule has 4 heteroatoms. The number of carbonyl (C=O) groups is 1. The lowest BCUT2D eigenvalue weighted by Gasteiger charge is -2.28. The zero-order valence-corrected chi connectivity index (χ0v) is 16.8. The van der Waals surface area contributed by atoms with E-state index in [0.29, 0.717) is 18.6 Å². The van der Waals surface area contributed by atoms with Crippen LogP contribution in [0.1, 0.15) is 84.4 Å². The smallest absolute Gasteiger partial charge is 0.308 e. The number of hydrogen-bond donors (Lipinski definition) is 2. The van der Waals surface area contributed by atoms with E-state index in [-0.39, 0.29) is 17.3 Å². The number of esters is 1. The fourth-order valence-corrected chi connectivity index (χ4v) is 2.74. The quantitative estimate of drug-likeness (QED) is 0.582. The van der Waals surface area contributed by atoms with Gasteiger partial charge in [0, 0.05) is 12.8 Å². The largest absolute Gasteiger partial charge is 0.507 e. The molecule has 2 N–H and O–H groups in total. The molecule has 0 aromatic heterocycles. The van der Waals surface area contributed by atoms with Crippen molar-refractivity contribution in [3.05, 3.63) is 28.8 Å². The van der Waals surface area contributed by atoms with Crippen LogP contribution in [0.5, 0.6) is 5.75 Å². The van der Waals surface area contributed by atoms with Crippen molar-refractivity contribution in [2.75, 3.05) is 0 Å². The third kappa shape index (κ3) is 6.35. The molecule has 0 aliphatic heterocycles. The maximum absolute atomic E-state index is 11.9. The van der Waals surface area contributed by atoms with E-state index < -0.39 is 12.3 Å². The number of phenols is 1. The van der Waals surface area contributed by atoms with Gasteiger partial charge in [0.15, 0.2) is 0 Å². The van der Waals surface area contributed by atoms with Crippen LogP contribution in [0.3, 0.4) is 0 Å². The lowest BCUT2D eigenvalue weighted by Crippen LogP contribution is -2.19. The maximum atomic E-state index is 11.9. The molecule has 0 amide bonds. The molecule has 0 saturated carbocycles. The molecule has 0 aliphatic carbocycles. The second-order valence-corrected chi connectivity index (χ2v) is 8.77. The summed E-state index contributed by atoms with van der Waals surface area (Å²) >= 11 is 0. The SMILES string of the molecule is CCCC(O)OC(=O)CCc1cc(C(C)(C)C)c(O)c(C(C)(C)C)c1. The Morgan fingerprint density at radius 3 is 1.96 bits per heavy atom. The van der Waals surface area contributed by atoms with Crippen molar-refractivity contribution in [3.63, 3.8) is 0 Å². The monoisotopic (exact) mass is 350 g/mol. The number of phenolic OH excluding ortho intramolecular Hbond substituents is 1. The molecular formula is C21H34O4. The number of hydrogen-bond acceptors (Lipinski definition) is 4. The fraction of sp³-hybridized carbons (Fsp3) is 0.667. The Bertz CT molecular complexity index is 556. The number of aromatic hydroxyl groups is 1. The number of aryl methyl sites for hydroxylation is 1. The minimum Gasteiger partial charge on any atom is -0.507 e. The lowest BCUT2D eigenvalue weighted by atomic mass is 9.78. The van der Waals surface area contributed by atoms with Gasteiger partial charge in [-0.25, -0.2) is 0 Å². The van der Waals surface area contributed by atoms with Crippen molar-refractivity contribution in [3.8, 4) is 5.75 Å². The molecule has 0 aliphatic rings. The number of aliphatic hydroxyl groups excluding tert-OH is 1. The summed E-state index contributed by atoms with van der Waals surface area (Å²) in [6, 6.07) is 3.95. The molecule has 0 saturated heterocycles. The number of benzene rings is 1. The molecule has 25 heavy (non-hydrogen) atoms. The lowest BCUT2D eigenvalue weighted by molar-refractivity contribution is -0.168. The van der Waals surface area contributed by atoms with Crippen molar-refractivity contribution < 1.29 is 19.7 Å². The first kappa shape index (κ1) is 21.5. The van der Waals surface area contributed by atoms with Crippen LogP contribution in [0.25, 0.3) is 0 Å². The van der Waals surface area contributed by atoms with Gasteiger partial charge in [-0.3, -0.25) is 4.79 Å². The van der Waals surface area contributed by atoms with Gasteiger partial charge in [-0.2, -0.15) is 0 Å². The first-order valence-electron chi connectivity index (χ1n) is 9.10. The molecule has 142 valence electrons. The highest BCUT2D eigenvalue weighted by Gasteiger charge is 2.26. The van der Waals surface area contributed by atoms with Crippen LogP contribution < -0.4 is 0 Å². The Morgan fingerprint density at radius 2 is 1.56 bits per heavy atom. The maximum Gasteiger partial charge on any atom is 0.308 e. The van der Waals surface area contributed by atoms with Gasteiger partial charge in [-0.1, -0.05) is 67.0 Å². The predicted octanol–water partition coefficient (Wildman–Crippen LogP) is 4.58. The van der Waals surface area contributed by atoms with Crippen LogP contribution in [-0.4, -0.2) is 22.5 Å². The zero-order chi connectivity index (χ0) is 19.4. The summed E-state index contributed by atoms with van der Waals surface area (Å²) < 4.78 is 5.00. The summed E-state index contributed by atoms with van der Waals surface area (Å²) in [5.74, 6) is -0.0617.